The number of nitrogens with zero attached hydrogens (tertiary/aromatic N) is 2. The average Bonchev–Trinajstić information content (AvgIpc) is 2.97. The van der Waals surface area contributed by atoms with Crippen molar-refractivity contribution in [3.63, 3.8) is 0 Å². The molecule has 0 aliphatic carbocycles. The van der Waals surface area contributed by atoms with Gasteiger partial charge >= 0.3 is 0 Å². The molecule has 1 aliphatic heterocycles. The highest BCUT2D eigenvalue weighted by Gasteiger charge is 2.27. The molecule has 0 radical (unpaired) electrons. The molecule has 0 bridgehead atoms. The monoisotopic (exact) mass is 295 g/mol. The van der Waals surface area contributed by atoms with E-state index in [2.05, 4.69) is 10.4 Å². The number of fused-ring (bicyclic) bond motifs is 2. The van der Waals surface area contributed by atoms with Gasteiger partial charge in [-0.2, -0.15) is 0 Å². The Kier molecular flexibility index (Phi) is 2.93. The summed E-state index contributed by atoms with van der Waals surface area (Å²) in [6.07, 6.45) is 0.872. The lowest BCUT2D eigenvalue weighted by Gasteiger charge is -2.25. The minimum atomic E-state index is -0.698. The molecule has 4 rings (SSSR count). The van der Waals surface area contributed by atoms with Gasteiger partial charge in [0.2, 0.25) is 6.10 Å². The Bertz CT molecular complexity index is 843. The van der Waals surface area contributed by atoms with Crippen molar-refractivity contribution in [2.45, 2.75) is 6.10 Å². The van der Waals surface area contributed by atoms with E-state index in [-0.39, 0.29) is 12.5 Å². The Morgan fingerprint density at radius 1 is 1.14 bits per heavy atom. The number of amides is 1. The molecule has 0 spiro atoms. The smallest absolute Gasteiger partial charge is 0.283 e. The zero-order chi connectivity index (χ0) is 14.9. The number of hydrogen-bond acceptors (Lipinski definition) is 4. The van der Waals surface area contributed by atoms with E-state index in [9.17, 15) is 4.79 Å². The fourth-order valence-corrected chi connectivity index (χ4v) is 2.39. The van der Waals surface area contributed by atoms with Gasteiger partial charge in [-0.15, -0.1) is 0 Å². The molecule has 0 fully saturated rings. The Hall–Kier alpha value is -3.02. The summed E-state index contributed by atoms with van der Waals surface area (Å²) in [7, 11) is 0. The van der Waals surface area contributed by atoms with E-state index in [0.717, 1.165) is 11.0 Å². The Morgan fingerprint density at radius 3 is 2.82 bits per heavy atom. The molecule has 0 saturated carbocycles. The van der Waals surface area contributed by atoms with Gasteiger partial charge in [0.05, 0.1) is 11.0 Å². The van der Waals surface area contributed by atoms with Crippen LogP contribution >= 0.6 is 0 Å². The molecule has 1 N–H and O–H groups in total. The number of hydrogen-bond donors (Lipinski definition) is 1. The lowest BCUT2D eigenvalue weighted by Crippen LogP contribution is -2.42. The first kappa shape index (κ1) is 12.7. The van der Waals surface area contributed by atoms with Crippen LogP contribution in [0.25, 0.3) is 11.0 Å². The van der Waals surface area contributed by atoms with Gasteiger partial charge in [0, 0.05) is 0 Å². The SMILES string of the molecule is O=C(Nn1cnc2ccccc21)C1COc2ccccc2O1. The number of para-hydroxylation sites is 4. The third kappa shape index (κ3) is 2.14. The van der Waals surface area contributed by atoms with Crippen molar-refractivity contribution in [3.8, 4) is 11.5 Å². The van der Waals surface area contributed by atoms with Gasteiger partial charge in [0.1, 0.15) is 12.9 Å². The normalized spacial score (nSPS) is 16.5. The summed E-state index contributed by atoms with van der Waals surface area (Å²) >= 11 is 0. The predicted molar refractivity (Wildman–Crippen MR) is 80.5 cm³/mol. The largest absolute Gasteiger partial charge is 0.485 e. The molecule has 110 valence electrons. The summed E-state index contributed by atoms with van der Waals surface area (Å²) in [5.41, 5.74) is 4.42. The lowest BCUT2D eigenvalue weighted by atomic mass is 10.2. The first-order chi connectivity index (χ1) is 10.8. The van der Waals surface area contributed by atoms with Crippen molar-refractivity contribution in [2.75, 3.05) is 12.0 Å². The molecule has 0 saturated heterocycles. The molecule has 2 aromatic carbocycles. The second kappa shape index (κ2) is 5.07. The lowest BCUT2D eigenvalue weighted by molar-refractivity contribution is -0.125. The molecule has 1 atom stereocenters. The van der Waals surface area contributed by atoms with E-state index < -0.39 is 6.10 Å². The predicted octanol–water partition coefficient (Wildman–Crippen LogP) is 1.95. The summed E-state index contributed by atoms with van der Waals surface area (Å²) < 4.78 is 12.8. The molecule has 22 heavy (non-hydrogen) atoms. The van der Waals surface area contributed by atoms with Crippen molar-refractivity contribution in [1.29, 1.82) is 0 Å². The first-order valence-electron chi connectivity index (χ1n) is 6.93. The number of ether oxygens (including phenoxy) is 2. The molecule has 1 unspecified atom stereocenters. The molecule has 1 amide bonds. The Morgan fingerprint density at radius 2 is 1.91 bits per heavy atom. The van der Waals surface area contributed by atoms with Crippen LogP contribution in [0.2, 0.25) is 0 Å². The van der Waals surface area contributed by atoms with Gasteiger partial charge in [-0.3, -0.25) is 10.2 Å². The molecule has 3 aromatic rings. The first-order valence-corrected chi connectivity index (χ1v) is 6.93. The van der Waals surface area contributed by atoms with Gasteiger partial charge < -0.3 is 9.47 Å². The van der Waals surface area contributed by atoms with Gasteiger partial charge in [-0.05, 0) is 24.3 Å². The molecule has 2 heterocycles. The van der Waals surface area contributed by atoms with Gasteiger partial charge in [0.15, 0.2) is 11.5 Å². The number of benzene rings is 2. The van der Waals surface area contributed by atoms with E-state index >= 15 is 0 Å². The number of carbonyl (C=O) groups excluding carboxylic acids is 1. The van der Waals surface area contributed by atoms with Crippen molar-refractivity contribution in [1.82, 2.24) is 9.66 Å². The maximum atomic E-state index is 12.4. The fourth-order valence-electron chi connectivity index (χ4n) is 2.39. The third-order valence-electron chi connectivity index (χ3n) is 3.49. The van der Waals surface area contributed by atoms with Gasteiger partial charge in [-0.1, -0.05) is 24.3 Å². The standard InChI is InChI=1S/C16H13N3O3/c20-16(15-9-21-13-7-3-4-8-14(13)22-15)18-19-10-17-11-5-1-2-6-12(11)19/h1-8,10,15H,9H2,(H,18,20). The van der Waals surface area contributed by atoms with Crippen LogP contribution in [0.1, 0.15) is 0 Å². The number of aromatic nitrogens is 2. The summed E-state index contributed by atoms with van der Waals surface area (Å²) in [5.74, 6) is 0.946. The molecule has 1 aromatic heterocycles. The zero-order valence-electron chi connectivity index (χ0n) is 11.6. The molecular formula is C16H13N3O3. The van der Waals surface area contributed by atoms with Crippen LogP contribution in [0.3, 0.4) is 0 Å². The second-order valence-corrected chi connectivity index (χ2v) is 4.94. The average molecular weight is 295 g/mol. The number of carbonyl (C=O) groups is 1. The highest BCUT2D eigenvalue weighted by molar-refractivity contribution is 5.90. The molecule has 1 aliphatic rings. The minimum absolute atomic E-state index is 0.176. The Balaban J connectivity index is 1.54. The summed E-state index contributed by atoms with van der Waals surface area (Å²) in [6, 6.07) is 14.9. The van der Waals surface area contributed by atoms with Crippen LogP contribution in [0.15, 0.2) is 54.9 Å². The summed E-state index contributed by atoms with van der Waals surface area (Å²) in [6.45, 7) is 0.176. The van der Waals surface area contributed by atoms with Gasteiger partial charge in [-0.25, -0.2) is 9.66 Å². The highest BCUT2D eigenvalue weighted by atomic mass is 16.6. The van der Waals surface area contributed by atoms with Crippen molar-refractivity contribution in [3.05, 3.63) is 54.9 Å². The number of nitrogens with one attached hydrogen (secondary N) is 1. The third-order valence-corrected chi connectivity index (χ3v) is 3.49. The van der Waals surface area contributed by atoms with E-state index in [0.29, 0.717) is 11.5 Å². The van der Waals surface area contributed by atoms with Gasteiger partial charge in [0.25, 0.3) is 5.91 Å². The van der Waals surface area contributed by atoms with Crippen LogP contribution in [0.5, 0.6) is 11.5 Å². The number of rotatable bonds is 2. The maximum absolute atomic E-state index is 12.4. The topological polar surface area (TPSA) is 65.4 Å². The Labute approximate surface area is 126 Å². The second-order valence-electron chi connectivity index (χ2n) is 4.94. The van der Waals surface area contributed by atoms with Crippen LogP contribution in [-0.2, 0) is 4.79 Å². The van der Waals surface area contributed by atoms with Crippen molar-refractivity contribution < 1.29 is 14.3 Å². The van der Waals surface area contributed by atoms with Crippen LogP contribution in [0.4, 0.5) is 0 Å². The van der Waals surface area contributed by atoms with E-state index in [1.54, 1.807) is 17.1 Å². The van der Waals surface area contributed by atoms with Crippen molar-refractivity contribution >= 4 is 16.9 Å². The maximum Gasteiger partial charge on any atom is 0.283 e. The van der Waals surface area contributed by atoms with Crippen LogP contribution in [-0.4, -0.2) is 28.3 Å². The quantitative estimate of drug-likeness (QED) is 0.784. The molecule has 6 nitrogen and oxygen atoms in total. The summed E-state index contributed by atoms with van der Waals surface area (Å²) in [4.78, 5) is 16.6. The van der Waals surface area contributed by atoms with E-state index in [1.807, 2.05) is 42.5 Å². The highest BCUT2D eigenvalue weighted by Crippen LogP contribution is 2.30. The minimum Gasteiger partial charge on any atom is -0.485 e. The number of imidazole rings is 1. The van der Waals surface area contributed by atoms with Crippen molar-refractivity contribution in [2.24, 2.45) is 0 Å². The van der Waals surface area contributed by atoms with E-state index in [1.165, 1.54) is 0 Å². The van der Waals surface area contributed by atoms with Crippen LogP contribution in [0, 0.1) is 0 Å². The van der Waals surface area contributed by atoms with E-state index in [4.69, 9.17) is 9.47 Å². The summed E-state index contributed by atoms with van der Waals surface area (Å²) in [5, 5.41) is 0. The zero-order valence-corrected chi connectivity index (χ0v) is 11.6. The molecule has 6 heteroatoms. The fraction of sp³-hybridized carbons (Fsp3) is 0.125. The van der Waals surface area contributed by atoms with Crippen LogP contribution < -0.4 is 14.9 Å². The molecular weight excluding hydrogens is 282 g/mol.